The molecule has 0 aliphatic carbocycles. The fourth-order valence-electron chi connectivity index (χ4n) is 1.82. The lowest BCUT2D eigenvalue weighted by Crippen LogP contribution is -2.36. The summed E-state index contributed by atoms with van der Waals surface area (Å²) in [6, 6.07) is 0. The lowest BCUT2D eigenvalue weighted by atomic mass is 9.98. The van der Waals surface area contributed by atoms with E-state index >= 15 is 0 Å². The highest BCUT2D eigenvalue weighted by Crippen LogP contribution is 2.12. The summed E-state index contributed by atoms with van der Waals surface area (Å²) in [4.78, 5) is 13.2. The van der Waals surface area contributed by atoms with E-state index in [1.807, 2.05) is 18.9 Å². The Morgan fingerprint density at radius 1 is 1.43 bits per heavy atom. The first kappa shape index (κ1) is 13.7. The molecule has 1 amide bonds. The van der Waals surface area contributed by atoms with Crippen molar-refractivity contribution in [3.63, 3.8) is 0 Å². The van der Waals surface area contributed by atoms with E-state index in [-0.39, 0.29) is 18.3 Å². The van der Waals surface area contributed by atoms with E-state index in [1.54, 1.807) is 0 Å². The Hall–Kier alpha value is -0.280. The lowest BCUT2D eigenvalue weighted by Gasteiger charge is -2.27. The number of amides is 1. The lowest BCUT2D eigenvalue weighted by molar-refractivity contribution is -0.130. The van der Waals surface area contributed by atoms with Gasteiger partial charge in [-0.25, -0.2) is 0 Å². The predicted octanol–water partition coefficient (Wildman–Crippen LogP) is 1.28. The molecule has 1 rings (SSSR count). The molecule has 0 aromatic rings. The van der Waals surface area contributed by atoms with Crippen LogP contribution in [0, 0.1) is 5.92 Å². The number of piperidine rings is 1. The fourth-order valence-corrected chi connectivity index (χ4v) is 1.82. The van der Waals surface area contributed by atoms with Gasteiger partial charge < -0.3 is 10.2 Å². The first-order valence-corrected chi connectivity index (χ1v) is 5.18. The zero-order valence-electron chi connectivity index (χ0n) is 9.08. The smallest absolute Gasteiger partial charge is 0.222 e. The summed E-state index contributed by atoms with van der Waals surface area (Å²) in [6.07, 6.45) is 3.05. The van der Waals surface area contributed by atoms with Crippen LogP contribution >= 0.6 is 12.4 Å². The molecule has 1 fully saturated rings. The van der Waals surface area contributed by atoms with Crippen molar-refractivity contribution in [3.8, 4) is 0 Å². The molecule has 0 spiro atoms. The van der Waals surface area contributed by atoms with Crippen molar-refractivity contribution in [1.82, 2.24) is 10.2 Å². The zero-order valence-corrected chi connectivity index (χ0v) is 9.90. The minimum atomic E-state index is 0. The number of carbonyl (C=O) groups is 1. The van der Waals surface area contributed by atoms with Gasteiger partial charge in [-0.15, -0.1) is 12.4 Å². The largest absolute Gasteiger partial charge is 0.345 e. The molecule has 84 valence electrons. The van der Waals surface area contributed by atoms with Gasteiger partial charge in [0.15, 0.2) is 0 Å². The van der Waals surface area contributed by atoms with Crippen molar-refractivity contribution < 1.29 is 4.79 Å². The van der Waals surface area contributed by atoms with E-state index in [9.17, 15) is 4.79 Å². The van der Waals surface area contributed by atoms with Crippen LogP contribution in [0.3, 0.4) is 0 Å². The standard InChI is InChI=1S/C10H20N2O.ClH/c1-3-10(13)12(2)8-9-4-6-11-7-5-9;/h9,11H,3-8H2,1-2H3;1H. The summed E-state index contributed by atoms with van der Waals surface area (Å²) in [5, 5.41) is 3.33. The molecule has 0 saturated carbocycles. The number of carbonyl (C=O) groups excluding carboxylic acids is 1. The maximum Gasteiger partial charge on any atom is 0.222 e. The molecular formula is C10H21ClN2O. The third-order valence-corrected chi connectivity index (χ3v) is 2.72. The van der Waals surface area contributed by atoms with Crippen LogP contribution in [-0.2, 0) is 4.79 Å². The molecule has 4 heteroatoms. The summed E-state index contributed by atoms with van der Waals surface area (Å²) in [6.45, 7) is 5.08. The Balaban J connectivity index is 0.00000169. The van der Waals surface area contributed by atoms with Crippen molar-refractivity contribution in [2.45, 2.75) is 26.2 Å². The summed E-state index contributed by atoms with van der Waals surface area (Å²) >= 11 is 0. The van der Waals surface area contributed by atoms with Gasteiger partial charge in [0, 0.05) is 20.0 Å². The van der Waals surface area contributed by atoms with Crippen LogP contribution < -0.4 is 5.32 Å². The Labute approximate surface area is 92.6 Å². The molecular weight excluding hydrogens is 200 g/mol. The molecule has 0 bridgehead atoms. The van der Waals surface area contributed by atoms with Gasteiger partial charge in [0.05, 0.1) is 0 Å². The van der Waals surface area contributed by atoms with Gasteiger partial charge in [-0.3, -0.25) is 4.79 Å². The molecule has 1 aliphatic heterocycles. The first-order chi connectivity index (χ1) is 6.24. The maximum atomic E-state index is 11.3. The maximum absolute atomic E-state index is 11.3. The van der Waals surface area contributed by atoms with Crippen LogP contribution in [0.5, 0.6) is 0 Å². The van der Waals surface area contributed by atoms with Crippen molar-refractivity contribution >= 4 is 18.3 Å². The minimum Gasteiger partial charge on any atom is -0.345 e. The van der Waals surface area contributed by atoms with Crippen LogP contribution in [0.1, 0.15) is 26.2 Å². The second-order valence-electron chi connectivity index (χ2n) is 3.82. The molecule has 1 N–H and O–H groups in total. The van der Waals surface area contributed by atoms with E-state index in [0.29, 0.717) is 12.3 Å². The van der Waals surface area contributed by atoms with Gasteiger partial charge in [0.2, 0.25) is 5.91 Å². The highest BCUT2D eigenvalue weighted by molar-refractivity contribution is 5.85. The zero-order chi connectivity index (χ0) is 9.68. The van der Waals surface area contributed by atoms with Gasteiger partial charge >= 0.3 is 0 Å². The van der Waals surface area contributed by atoms with Gasteiger partial charge in [-0.1, -0.05) is 6.92 Å². The molecule has 0 unspecified atom stereocenters. The molecule has 1 heterocycles. The monoisotopic (exact) mass is 220 g/mol. The number of halogens is 1. The summed E-state index contributed by atoms with van der Waals surface area (Å²) in [7, 11) is 1.91. The molecule has 0 atom stereocenters. The molecule has 14 heavy (non-hydrogen) atoms. The van der Waals surface area contributed by atoms with Crippen LogP contribution in [0.15, 0.2) is 0 Å². The number of hydrogen-bond donors (Lipinski definition) is 1. The summed E-state index contributed by atoms with van der Waals surface area (Å²) < 4.78 is 0. The van der Waals surface area contributed by atoms with Gasteiger partial charge in [-0.05, 0) is 31.8 Å². The normalized spacial score (nSPS) is 17.3. The van der Waals surface area contributed by atoms with Crippen molar-refractivity contribution in [2.24, 2.45) is 5.92 Å². The van der Waals surface area contributed by atoms with Gasteiger partial charge in [0.25, 0.3) is 0 Å². The topological polar surface area (TPSA) is 32.3 Å². The van der Waals surface area contributed by atoms with Crippen LogP contribution in [0.4, 0.5) is 0 Å². The molecule has 0 radical (unpaired) electrons. The molecule has 1 aliphatic rings. The van der Waals surface area contributed by atoms with Crippen LogP contribution in [0.25, 0.3) is 0 Å². The predicted molar refractivity (Wildman–Crippen MR) is 60.8 cm³/mol. The SMILES string of the molecule is CCC(=O)N(C)CC1CCNCC1.Cl. The van der Waals surface area contributed by atoms with E-state index in [0.717, 1.165) is 19.6 Å². The Morgan fingerprint density at radius 2 is 2.00 bits per heavy atom. The number of nitrogens with zero attached hydrogens (tertiary/aromatic N) is 1. The quantitative estimate of drug-likeness (QED) is 0.777. The van der Waals surface area contributed by atoms with Gasteiger partial charge in [0.1, 0.15) is 0 Å². The number of hydrogen-bond acceptors (Lipinski definition) is 2. The minimum absolute atomic E-state index is 0. The second kappa shape index (κ2) is 7.07. The first-order valence-electron chi connectivity index (χ1n) is 5.18. The van der Waals surface area contributed by atoms with Crippen LogP contribution in [-0.4, -0.2) is 37.5 Å². The molecule has 3 nitrogen and oxygen atoms in total. The van der Waals surface area contributed by atoms with E-state index < -0.39 is 0 Å². The fraction of sp³-hybridized carbons (Fsp3) is 0.900. The third-order valence-electron chi connectivity index (χ3n) is 2.72. The Morgan fingerprint density at radius 3 is 2.50 bits per heavy atom. The Bertz CT molecular complexity index is 170. The van der Waals surface area contributed by atoms with Crippen molar-refractivity contribution in [2.75, 3.05) is 26.7 Å². The van der Waals surface area contributed by atoms with Crippen molar-refractivity contribution in [1.29, 1.82) is 0 Å². The highest BCUT2D eigenvalue weighted by atomic mass is 35.5. The average Bonchev–Trinajstić information content (AvgIpc) is 2.18. The number of nitrogens with one attached hydrogen (secondary N) is 1. The second-order valence-corrected chi connectivity index (χ2v) is 3.82. The molecule has 0 aromatic heterocycles. The summed E-state index contributed by atoms with van der Waals surface area (Å²) in [5.41, 5.74) is 0. The third kappa shape index (κ3) is 4.29. The Kier molecular flexibility index (Phi) is 6.93. The van der Waals surface area contributed by atoms with Crippen molar-refractivity contribution in [3.05, 3.63) is 0 Å². The molecule has 1 saturated heterocycles. The van der Waals surface area contributed by atoms with Crippen LogP contribution in [0.2, 0.25) is 0 Å². The van der Waals surface area contributed by atoms with Gasteiger partial charge in [-0.2, -0.15) is 0 Å². The van der Waals surface area contributed by atoms with E-state index in [2.05, 4.69) is 5.32 Å². The van der Waals surface area contributed by atoms with E-state index in [1.165, 1.54) is 12.8 Å². The average molecular weight is 221 g/mol. The van der Waals surface area contributed by atoms with E-state index in [4.69, 9.17) is 0 Å². The molecule has 0 aromatic carbocycles. The highest BCUT2D eigenvalue weighted by Gasteiger charge is 2.16. The summed E-state index contributed by atoms with van der Waals surface area (Å²) in [5.74, 6) is 0.972. The number of rotatable bonds is 3.